The lowest BCUT2D eigenvalue weighted by Gasteiger charge is -2.42. The highest BCUT2D eigenvalue weighted by atomic mass is 32.2. The molecule has 2 aromatic carbocycles. The number of rotatable bonds is 6. The number of fused-ring (bicyclic) bond motifs is 1. The third-order valence-electron chi connectivity index (χ3n) is 8.54. The Bertz CT molecular complexity index is 1620. The predicted molar refractivity (Wildman–Crippen MR) is 159 cm³/mol. The first-order valence-electron chi connectivity index (χ1n) is 14.1. The lowest BCUT2D eigenvalue weighted by atomic mass is 9.86. The molecule has 4 heterocycles. The summed E-state index contributed by atoms with van der Waals surface area (Å²) < 4.78 is 54.9. The quantitative estimate of drug-likeness (QED) is 0.408. The number of benzene rings is 2. The fraction of sp³-hybridized carbons (Fsp3) is 0.400. The van der Waals surface area contributed by atoms with Crippen molar-refractivity contribution in [3.05, 3.63) is 76.9 Å². The second-order valence-electron chi connectivity index (χ2n) is 11.0. The molecule has 0 spiro atoms. The van der Waals surface area contributed by atoms with Gasteiger partial charge in [-0.05, 0) is 68.7 Å². The maximum Gasteiger partial charge on any atom is 0.411 e. The number of likely N-dealkylation sites (tertiary alicyclic amines) is 1. The summed E-state index contributed by atoms with van der Waals surface area (Å²) in [6.45, 7) is 4.07. The van der Waals surface area contributed by atoms with Crippen LogP contribution in [0.15, 0.2) is 64.2 Å². The van der Waals surface area contributed by atoms with Gasteiger partial charge in [0.2, 0.25) is 5.60 Å². The molecule has 0 aliphatic carbocycles. The van der Waals surface area contributed by atoms with Gasteiger partial charge >= 0.3 is 6.09 Å². The first-order chi connectivity index (χ1) is 20.7. The van der Waals surface area contributed by atoms with Gasteiger partial charge in [-0.2, -0.15) is 12.7 Å². The fourth-order valence-electron chi connectivity index (χ4n) is 6.25. The Balaban J connectivity index is 1.39. The minimum Gasteiger partial charge on any atom is -0.496 e. The van der Waals surface area contributed by atoms with Gasteiger partial charge in [-0.15, -0.1) is 11.3 Å². The van der Waals surface area contributed by atoms with Crippen LogP contribution in [0.25, 0.3) is 0 Å². The van der Waals surface area contributed by atoms with E-state index in [1.807, 2.05) is 0 Å². The molecule has 43 heavy (non-hydrogen) atoms. The Labute approximate surface area is 254 Å². The van der Waals surface area contributed by atoms with Crippen molar-refractivity contribution in [3.63, 3.8) is 0 Å². The topological polar surface area (TPSA) is 99.7 Å². The first kappa shape index (κ1) is 29.5. The molecule has 1 atom stereocenters. The third-order valence-corrected chi connectivity index (χ3v) is 11.6. The Morgan fingerprint density at radius 2 is 1.70 bits per heavy atom. The highest BCUT2D eigenvalue weighted by Gasteiger charge is 2.61. The van der Waals surface area contributed by atoms with Crippen molar-refractivity contribution in [1.82, 2.24) is 14.7 Å². The van der Waals surface area contributed by atoms with E-state index >= 15 is 0 Å². The smallest absolute Gasteiger partial charge is 0.411 e. The number of anilines is 1. The number of thiophene rings is 1. The van der Waals surface area contributed by atoms with Crippen molar-refractivity contribution >= 4 is 39.0 Å². The van der Waals surface area contributed by atoms with Gasteiger partial charge < -0.3 is 19.3 Å². The Hall–Kier alpha value is -3.52. The summed E-state index contributed by atoms with van der Waals surface area (Å²) in [5.41, 5.74) is -2.42. The summed E-state index contributed by atoms with van der Waals surface area (Å²) in [5.74, 6) is -1.59. The van der Waals surface area contributed by atoms with Gasteiger partial charge in [0.1, 0.15) is 15.8 Å². The highest BCUT2D eigenvalue weighted by Crippen LogP contribution is 2.52. The summed E-state index contributed by atoms with van der Waals surface area (Å²) in [6.07, 6.45) is 1.32. The summed E-state index contributed by atoms with van der Waals surface area (Å²) >= 11 is 0.945. The zero-order chi connectivity index (χ0) is 30.4. The molecule has 3 aromatic rings. The van der Waals surface area contributed by atoms with Gasteiger partial charge in [0.15, 0.2) is 0 Å². The molecule has 2 fully saturated rings. The van der Waals surface area contributed by atoms with Gasteiger partial charge in [-0.1, -0.05) is 24.3 Å². The standard InChI is InChI=1S/C30H33FN4O6S2/c1-32-13-11-22(12-14-32)33-15-17-34(18-16-33)29(37)41-30(23-6-3-4-7-26(23)40-2)24-20-21(31)9-10-25(24)35(28(30)36)43(38,39)27-8-5-19-42-27/h3-10,19-20,22H,11-18H2,1-2H3. The number of nitrogens with zero attached hydrogens (tertiary/aromatic N) is 4. The van der Waals surface area contributed by atoms with E-state index in [-0.39, 0.29) is 26.8 Å². The number of hydrogen-bond acceptors (Lipinski definition) is 9. The maximum atomic E-state index is 14.9. The molecular formula is C30H33FN4O6S2. The van der Waals surface area contributed by atoms with Crippen LogP contribution in [0.5, 0.6) is 5.75 Å². The number of methoxy groups -OCH3 is 1. The van der Waals surface area contributed by atoms with Gasteiger partial charge in [0.25, 0.3) is 15.9 Å². The zero-order valence-corrected chi connectivity index (χ0v) is 25.6. The van der Waals surface area contributed by atoms with Crippen LogP contribution in [0.2, 0.25) is 0 Å². The summed E-state index contributed by atoms with van der Waals surface area (Å²) in [4.78, 5) is 34.7. The number of amides is 2. The number of halogens is 1. The summed E-state index contributed by atoms with van der Waals surface area (Å²) in [7, 11) is -0.924. The van der Waals surface area contributed by atoms with E-state index < -0.39 is 33.4 Å². The minimum atomic E-state index is -4.43. The number of sulfonamides is 1. The highest BCUT2D eigenvalue weighted by molar-refractivity contribution is 7.95. The molecule has 3 aliphatic heterocycles. The number of carbonyl (C=O) groups excluding carboxylic acids is 2. The molecule has 3 aliphatic rings. The Kier molecular flexibility index (Phi) is 7.92. The molecule has 2 amide bonds. The van der Waals surface area contributed by atoms with Crippen LogP contribution >= 0.6 is 11.3 Å². The van der Waals surface area contributed by atoms with Crippen LogP contribution in [0.4, 0.5) is 14.9 Å². The first-order valence-corrected chi connectivity index (χ1v) is 16.5. The minimum absolute atomic E-state index is 0.0803. The monoisotopic (exact) mass is 628 g/mol. The van der Waals surface area contributed by atoms with E-state index in [0.29, 0.717) is 36.5 Å². The van der Waals surface area contributed by atoms with Crippen molar-refractivity contribution < 1.29 is 31.9 Å². The zero-order valence-electron chi connectivity index (χ0n) is 23.9. The molecule has 0 N–H and O–H groups in total. The number of carbonyl (C=O) groups is 2. The molecule has 10 nitrogen and oxygen atoms in total. The number of para-hydroxylation sites is 1. The van der Waals surface area contributed by atoms with Crippen LogP contribution in [-0.4, -0.2) is 94.6 Å². The molecule has 0 bridgehead atoms. The van der Waals surface area contributed by atoms with Crippen LogP contribution in [-0.2, 0) is 25.2 Å². The number of ether oxygens (including phenoxy) is 2. The SMILES string of the molecule is COc1ccccc1C1(OC(=O)N2CCN(C3CCN(C)CC3)CC2)C(=O)N(S(=O)(=O)c2cccs2)c2ccc(F)cc21. The van der Waals surface area contributed by atoms with E-state index in [2.05, 4.69) is 16.8 Å². The van der Waals surface area contributed by atoms with E-state index in [0.717, 1.165) is 49.4 Å². The average molecular weight is 629 g/mol. The van der Waals surface area contributed by atoms with Gasteiger partial charge in [-0.25, -0.2) is 9.18 Å². The van der Waals surface area contributed by atoms with Gasteiger partial charge in [-0.3, -0.25) is 9.69 Å². The molecule has 0 radical (unpaired) electrons. The summed E-state index contributed by atoms with van der Waals surface area (Å²) in [6, 6.07) is 13.1. The maximum absolute atomic E-state index is 14.9. The Morgan fingerprint density at radius 1 is 0.977 bits per heavy atom. The summed E-state index contributed by atoms with van der Waals surface area (Å²) in [5, 5.41) is 1.58. The average Bonchev–Trinajstić information content (AvgIpc) is 3.64. The lowest BCUT2D eigenvalue weighted by molar-refractivity contribution is -0.132. The van der Waals surface area contributed by atoms with Crippen molar-refractivity contribution in [3.8, 4) is 5.75 Å². The van der Waals surface area contributed by atoms with Crippen molar-refractivity contribution in [2.75, 3.05) is 57.7 Å². The van der Waals surface area contributed by atoms with Gasteiger partial charge in [0, 0.05) is 37.8 Å². The molecule has 0 saturated carbocycles. The van der Waals surface area contributed by atoms with Crippen LogP contribution < -0.4 is 9.04 Å². The van der Waals surface area contributed by atoms with Crippen LogP contribution in [0, 0.1) is 5.82 Å². The Morgan fingerprint density at radius 3 is 2.37 bits per heavy atom. The lowest BCUT2D eigenvalue weighted by Crippen LogP contribution is -2.55. The number of piperazine rings is 1. The van der Waals surface area contributed by atoms with Gasteiger partial charge in [0.05, 0.1) is 18.4 Å². The largest absolute Gasteiger partial charge is 0.496 e. The molecule has 6 rings (SSSR count). The molecule has 13 heteroatoms. The molecule has 1 unspecified atom stereocenters. The second kappa shape index (κ2) is 11.5. The third kappa shape index (κ3) is 5.07. The fourth-order valence-corrected chi connectivity index (χ4v) is 8.77. The van der Waals surface area contributed by atoms with E-state index in [1.165, 1.54) is 30.2 Å². The van der Waals surface area contributed by atoms with E-state index in [9.17, 15) is 22.4 Å². The van der Waals surface area contributed by atoms with Crippen LogP contribution in [0.1, 0.15) is 24.0 Å². The molecule has 1 aromatic heterocycles. The molecular weight excluding hydrogens is 595 g/mol. The number of piperidine rings is 1. The molecule has 2 saturated heterocycles. The predicted octanol–water partition coefficient (Wildman–Crippen LogP) is 3.72. The normalized spacial score (nSPS) is 22.1. The van der Waals surface area contributed by atoms with Crippen molar-refractivity contribution in [2.24, 2.45) is 0 Å². The van der Waals surface area contributed by atoms with E-state index in [4.69, 9.17) is 9.47 Å². The van der Waals surface area contributed by atoms with E-state index in [1.54, 1.807) is 29.6 Å². The van der Waals surface area contributed by atoms with Crippen molar-refractivity contribution in [2.45, 2.75) is 28.7 Å². The van der Waals surface area contributed by atoms with Crippen molar-refractivity contribution in [1.29, 1.82) is 0 Å². The second-order valence-corrected chi connectivity index (χ2v) is 13.9. The van der Waals surface area contributed by atoms with Crippen LogP contribution in [0.3, 0.4) is 0 Å². The number of hydrogen-bond donors (Lipinski definition) is 0. The molecule has 228 valence electrons.